The molecule has 28 valence electrons. The van der Waals surface area contributed by atoms with Crippen molar-refractivity contribution in [2.45, 2.75) is 0 Å². The van der Waals surface area contributed by atoms with Gasteiger partial charge in [0.25, 0.3) is 0 Å². The van der Waals surface area contributed by atoms with Crippen LogP contribution in [0.4, 0.5) is 0 Å². The van der Waals surface area contributed by atoms with Gasteiger partial charge in [-0.2, -0.15) is 0 Å². The summed E-state index contributed by atoms with van der Waals surface area (Å²) < 4.78 is 24.5. The van der Waals surface area contributed by atoms with E-state index < -0.39 is 21.1 Å². The Balaban J connectivity index is 0. The third-order valence-electron chi connectivity index (χ3n) is 0. The SMILES string of the molecule is [O-][I+2]([O-])O.[Sr]. The molecule has 0 amide bonds. The molecule has 5 heavy (non-hydrogen) atoms. The minimum atomic E-state index is -3.76. The fourth-order valence-electron chi connectivity index (χ4n) is 0. The Morgan fingerprint density at radius 2 is 1.40 bits per heavy atom. The first kappa shape index (κ1) is 10.1. The minimum Gasteiger partial charge on any atom is -0.396 e. The van der Waals surface area contributed by atoms with Crippen LogP contribution >= 0.6 is 0 Å². The zero-order chi connectivity index (χ0) is 3.58. The van der Waals surface area contributed by atoms with Crippen molar-refractivity contribution in [3.8, 4) is 0 Å². The van der Waals surface area contributed by atoms with Crippen molar-refractivity contribution in [1.29, 1.82) is 0 Å². The molecule has 2 radical (unpaired) electrons. The third kappa shape index (κ3) is 23.3. The molecule has 0 unspecified atom stereocenters. The Morgan fingerprint density at radius 1 is 1.40 bits per heavy atom. The molecule has 0 aromatic heterocycles. The summed E-state index contributed by atoms with van der Waals surface area (Å²) in [6.07, 6.45) is 0. The van der Waals surface area contributed by atoms with Crippen molar-refractivity contribution in [3.63, 3.8) is 0 Å². The Hall–Kier alpha value is 2.09. The molecule has 0 aliphatic heterocycles. The molecule has 0 spiro atoms. The van der Waals surface area contributed by atoms with Gasteiger partial charge in [-0.25, -0.2) is 0 Å². The summed E-state index contributed by atoms with van der Waals surface area (Å²) in [6.45, 7) is 0. The van der Waals surface area contributed by atoms with Gasteiger partial charge in [-0.05, 0) is 3.44 Å². The molecule has 5 heteroatoms. The Morgan fingerprint density at radius 3 is 1.40 bits per heavy atom. The molecule has 0 aliphatic rings. The average Bonchev–Trinajstić information content (AvgIpc) is 0.811. The van der Waals surface area contributed by atoms with Gasteiger partial charge in [0.2, 0.25) is 0 Å². The minimum absolute atomic E-state index is 0. The van der Waals surface area contributed by atoms with E-state index >= 15 is 0 Å². The van der Waals surface area contributed by atoms with Crippen molar-refractivity contribution >= 4 is 45.5 Å². The van der Waals surface area contributed by atoms with Gasteiger partial charge in [0.15, 0.2) is 0 Å². The van der Waals surface area contributed by atoms with Gasteiger partial charge in [-0.3, -0.25) is 0 Å². The van der Waals surface area contributed by atoms with Crippen LogP contribution in [0.15, 0.2) is 0 Å². The molecule has 0 saturated carbocycles. The smallest absolute Gasteiger partial charge is 0.396 e. The first-order valence-corrected chi connectivity index (χ1v) is 3.20. The van der Waals surface area contributed by atoms with Crippen molar-refractivity contribution < 1.29 is 31.4 Å². The van der Waals surface area contributed by atoms with Crippen LogP contribution in [-0.2, 0) is 0 Å². The molecule has 0 atom stereocenters. The third-order valence-corrected chi connectivity index (χ3v) is 0. The van der Waals surface area contributed by atoms with E-state index in [1.54, 1.807) is 0 Å². The van der Waals surface area contributed by atoms with Gasteiger partial charge < -0.3 is 6.87 Å². The Kier molecular flexibility index (Phi) is 12.4. The fourth-order valence-corrected chi connectivity index (χ4v) is 0. The summed E-state index contributed by atoms with van der Waals surface area (Å²) in [5, 5.41) is 0. The van der Waals surface area contributed by atoms with Gasteiger partial charge in [0.1, 0.15) is 0 Å². The van der Waals surface area contributed by atoms with E-state index in [2.05, 4.69) is 0 Å². The van der Waals surface area contributed by atoms with Gasteiger partial charge in [0.05, 0.1) is 0 Å². The maximum absolute atomic E-state index is 8.68. The topological polar surface area (TPSA) is 66.3 Å². The molecule has 0 aromatic carbocycles. The maximum Gasteiger partial charge on any atom is 0.503 e. The number of halogens is 1. The van der Waals surface area contributed by atoms with Crippen LogP contribution in [0.25, 0.3) is 0 Å². The summed E-state index contributed by atoms with van der Waals surface area (Å²) >= 11 is -3.76. The van der Waals surface area contributed by atoms with Crippen LogP contribution in [-0.4, -0.2) is 48.9 Å². The first-order valence-electron chi connectivity index (χ1n) is 0.478. The van der Waals surface area contributed by atoms with E-state index in [-0.39, 0.29) is 45.5 Å². The van der Waals surface area contributed by atoms with Crippen molar-refractivity contribution in [3.05, 3.63) is 0 Å². The van der Waals surface area contributed by atoms with Crippen LogP contribution in [0.2, 0.25) is 0 Å². The van der Waals surface area contributed by atoms with Crippen LogP contribution < -0.4 is 27.9 Å². The summed E-state index contributed by atoms with van der Waals surface area (Å²) in [7, 11) is 0. The molecular formula is HIO3Sr. The van der Waals surface area contributed by atoms with Crippen LogP contribution in [0, 0.1) is 0 Å². The van der Waals surface area contributed by atoms with E-state index in [9.17, 15) is 0 Å². The second-order valence-electron chi connectivity index (χ2n) is 0.201. The monoisotopic (exact) mass is 264 g/mol. The quantitative estimate of drug-likeness (QED) is 0.349. The molecule has 3 nitrogen and oxygen atoms in total. The van der Waals surface area contributed by atoms with Crippen molar-refractivity contribution in [2.75, 3.05) is 0 Å². The number of rotatable bonds is 0. The first-order chi connectivity index (χ1) is 1.73. The summed E-state index contributed by atoms with van der Waals surface area (Å²) in [5.74, 6) is 0. The van der Waals surface area contributed by atoms with Crippen LogP contribution in [0.3, 0.4) is 0 Å². The molecule has 0 heterocycles. The Bertz CT molecular complexity index is 11.6. The van der Waals surface area contributed by atoms with Gasteiger partial charge >= 0.3 is 21.1 Å². The standard InChI is InChI=1S/HIO3.Sr/c2-1(3)4;/h2H;. The zero-order valence-electron chi connectivity index (χ0n) is 2.35. The van der Waals surface area contributed by atoms with Crippen molar-refractivity contribution in [1.82, 2.24) is 0 Å². The average molecular weight is 264 g/mol. The van der Waals surface area contributed by atoms with E-state index in [1.807, 2.05) is 0 Å². The summed E-state index contributed by atoms with van der Waals surface area (Å²) in [4.78, 5) is 0. The zero-order valence-corrected chi connectivity index (χ0v) is 7.98. The summed E-state index contributed by atoms with van der Waals surface area (Å²) in [6, 6.07) is 0. The Labute approximate surface area is 75.3 Å². The molecule has 0 bridgehead atoms. The largest absolute Gasteiger partial charge is 0.503 e. The molecule has 0 saturated heterocycles. The number of hydrogen-bond donors (Lipinski definition) is 1. The molecule has 0 fully saturated rings. The molecule has 0 aliphatic carbocycles. The second kappa shape index (κ2) is 6.09. The van der Waals surface area contributed by atoms with Crippen LogP contribution in [0.1, 0.15) is 0 Å². The van der Waals surface area contributed by atoms with E-state index in [0.717, 1.165) is 0 Å². The maximum atomic E-state index is 8.68. The van der Waals surface area contributed by atoms with Crippen molar-refractivity contribution in [2.24, 2.45) is 0 Å². The predicted octanol–water partition coefficient (Wildman–Crippen LogP) is -6.31. The van der Waals surface area contributed by atoms with Gasteiger partial charge in [-0.15, -0.1) is 0 Å². The molecular weight excluding hydrogens is 263 g/mol. The van der Waals surface area contributed by atoms with E-state index in [4.69, 9.17) is 10.3 Å². The van der Waals surface area contributed by atoms with Crippen LogP contribution in [0.5, 0.6) is 0 Å². The van der Waals surface area contributed by atoms with Gasteiger partial charge in [-0.1, -0.05) is 0 Å². The molecule has 1 N–H and O–H groups in total. The second-order valence-corrected chi connectivity index (χ2v) is 1.35. The van der Waals surface area contributed by atoms with E-state index in [1.165, 1.54) is 0 Å². The summed E-state index contributed by atoms with van der Waals surface area (Å²) in [5.41, 5.74) is 0. The predicted molar refractivity (Wildman–Crippen MR) is 7.97 cm³/mol. The molecule has 0 rings (SSSR count). The van der Waals surface area contributed by atoms with Gasteiger partial charge in [0, 0.05) is 45.5 Å². The fraction of sp³-hybridized carbons (Fsp3) is 0. The molecule has 0 aromatic rings. The number of hydrogen-bond acceptors (Lipinski definition) is 3. The van der Waals surface area contributed by atoms with E-state index in [0.29, 0.717) is 0 Å². The normalized spacial score (nSPS) is 7.20.